The molecular weight excluding hydrogens is 327 g/mol. The zero-order valence-electron chi connectivity index (χ0n) is 13.3. The summed E-state index contributed by atoms with van der Waals surface area (Å²) in [5.74, 6) is 1.64. The Kier molecular flexibility index (Phi) is 4.37. The van der Waals surface area contributed by atoms with Gasteiger partial charge in [-0.05, 0) is 18.2 Å². The van der Waals surface area contributed by atoms with E-state index >= 15 is 0 Å². The van der Waals surface area contributed by atoms with Gasteiger partial charge in [0.15, 0.2) is 0 Å². The number of fused-ring (bicyclic) bond motifs is 1. The summed E-state index contributed by atoms with van der Waals surface area (Å²) >= 11 is 2.00. The maximum Gasteiger partial charge on any atom is 0.256 e. The van der Waals surface area contributed by atoms with E-state index in [2.05, 4.69) is 14.9 Å². The molecule has 1 amide bonds. The van der Waals surface area contributed by atoms with Crippen molar-refractivity contribution in [2.24, 2.45) is 0 Å². The van der Waals surface area contributed by atoms with Gasteiger partial charge in [0.2, 0.25) is 0 Å². The number of rotatable bonds is 2. The molecular formula is C17H19FN4OS. The van der Waals surface area contributed by atoms with Crippen LogP contribution in [0.4, 0.5) is 4.39 Å². The van der Waals surface area contributed by atoms with E-state index in [4.69, 9.17) is 0 Å². The third-order valence-electron chi connectivity index (χ3n) is 4.81. The molecule has 0 saturated carbocycles. The van der Waals surface area contributed by atoms with E-state index in [-0.39, 0.29) is 11.5 Å². The van der Waals surface area contributed by atoms with Crippen LogP contribution in [0.1, 0.15) is 16.8 Å². The molecule has 2 aliphatic heterocycles. The van der Waals surface area contributed by atoms with Crippen LogP contribution in [-0.2, 0) is 0 Å². The quantitative estimate of drug-likeness (QED) is 0.833. The van der Waals surface area contributed by atoms with E-state index in [1.807, 2.05) is 11.8 Å². The summed E-state index contributed by atoms with van der Waals surface area (Å²) in [6, 6.07) is 3.45. The maximum atomic E-state index is 14.3. The molecule has 1 aromatic carbocycles. The van der Waals surface area contributed by atoms with Gasteiger partial charge in [-0.2, -0.15) is 11.8 Å². The minimum Gasteiger partial charge on any atom is -0.336 e. The normalized spacial score (nSPS) is 22.2. The zero-order valence-corrected chi connectivity index (χ0v) is 14.1. The van der Waals surface area contributed by atoms with Gasteiger partial charge in [0.25, 0.3) is 5.91 Å². The van der Waals surface area contributed by atoms with Crippen molar-refractivity contribution in [1.29, 1.82) is 0 Å². The van der Waals surface area contributed by atoms with Gasteiger partial charge >= 0.3 is 0 Å². The number of nitrogens with zero attached hydrogens (tertiary/aromatic N) is 4. The van der Waals surface area contributed by atoms with Crippen molar-refractivity contribution in [1.82, 2.24) is 19.8 Å². The third-order valence-corrected chi connectivity index (χ3v) is 5.96. The van der Waals surface area contributed by atoms with Crippen LogP contribution in [0, 0.1) is 5.82 Å². The van der Waals surface area contributed by atoms with Crippen molar-refractivity contribution in [3.8, 4) is 0 Å². The number of hydrogen-bond acceptors (Lipinski definition) is 5. The third kappa shape index (κ3) is 2.98. The van der Waals surface area contributed by atoms with Crippen LogP contribution < -0.4 is 0 Å². The molecule has 24 heavy (non-hydrogen) atoms. The standard InChI is InChI=1S/C17H19FN4OS/c18-14-10-16-15(19-2-3-20-16)9-13(14)17(23)22-6-4-21(5-7-22)12-1-8-24-11-12/h2-3,9-10,12H,1,4-8,11H2. The van der Waals surface area contributed by atoms with Crippen molar-refractivity contribution in [2.75, 3.05) is 37.7 Å². The highest BCUT2D eigenvalue weighted by Crippen LogP contribution is 2.24. The molecule has 2 fully saturated rings. The summed E-state index contributed by atoms with van der Waals surface area (Å²) in [6.45, 7) is 3.04. The van der Waals surface area contributed by atoms with E-state index in [9.17, 15) is 9.18 Å². The first-order valence-corrected chi connectivity index (χ1v) is 9.39. The molecule has 0 spiro atoms. The van der Waals surface area contributed by atoms with Gasteiger partial charge in [-0.15, -0.1) is 0 Å². The summed E-state index contributed by atoms with van der Waals surface area (Å²) in [7, 11) is 0. The molecule has 0 N–H and O–H groups in total. The lowest BCUT2D eigenvalue weighted by Crippen LogP contribution is -2.52. The molecule has 1 aromatic heterocycles. The molecule has 2 aromatic rings. The fourth-order valence-corrected chi connectivity index (χ4v) is 4.67. The predicted octanol–water partition coefficient (Wildman–Crippen LogP) is 2.03. The van der Waals surface area contributed by atoms with Gasteiger partial charge in [-0.25, -0.2) is 4.39 Å². The average molecular weight is 346 g/mol. The fraction of sp³-hybridized carbons (Fsp3) is 0.471. The summed E-state index contributed by atoms with van der Waals surface area (Å²) in [4.78, 5) is 25.2. The Morgan fingerprint density at radius 3 is 2.50 bits per heavy atom. The fourth-order valence-electron chi connectivity index (χ4n) is 3.42. The number of benzene rings is 1. The van der Waals surface area contributed by atoms with Gasteiger partial charge in [0.1, 0.15) is 5.82 Å². The Morgan fingerprint density at radius 2 is 1.83 bits per heavy atom. The second kappa shape index (κ2) is 6.64. The smallest absolute Gasteiger partial charge is 0.256 e. The number of piperazine rings is 1. The maximum absolute atomic E-state index is 14.3. The highest BCUT2D eigenvalue weighted by atomic mass is 32.2. The lowest BCUT2D eigenvalue weighted by molar-refractivity contribution is 0.0584. The van der Waals surface area contributed by atoms with Crippen molar-refractivity contribution in [3.05, 3.63) is 35.9 Å². The van der Waals surface area contributed by atoms with Gasteiger partial charge in [0.05, 0.1) is 16.6 Å². The van der Waals surface area contributed by atoms with Crippen LogP contribution >= 0.6 is 11.8 Å². The lowest BCUT2D eigenvalue weighted by Gasteiger charge is -2.37. The number of halogens is 1. The van der Waals surface area contributed by atoms with Crippen molar-refractivity contribution >= 4 is 28.7 Å². The number of carbonyl (C=O) groups is 1. The highest BCUT2D eigenvalue weighted by Gasteiger charge is 2.29. The largest absolute Gasteiger partial charge is 0.336 e. The minimum absolute atomic E-state index is 0.0906. The summed E-state index contributed by atoms with van der Waals surface area (Å²) in [6.07, 6.45) is 4.30. The molecule has 4 rings (SSSR count). The molecule has 0 aliphatic carbocycles. The Morgan fingerprint density at radius 1 is 1.12 bits per heavy atom. The van der Waals surface area contributed by atoms with Crippen LogP contribution in [0.2, 0.25) is 0 Å². The number of amides is 1. The predicted molar refractivity (Wildman–Crippen MR) is 92.7 cm³/mol. The van der Waals surface area contributed by atoms with Gasteiger partial charge < -0.3 is 4.90 Å². The SMILES string of the molecule is O=C(c1cc2nccnc2cc1F)N1CCN(C2CCSC2)CC1. The van der Waals surface area contributed by atoms with Gasteiger partial charge in [-0.1, -0.05) is 0 Å². The first kappa shape index (κ1) is 15.8. The molecule has 2 saturated heterocycles. The molecule has 0 radical (unpaired) electrons. The molecule has 126 valence electrons. The van der Waals surface area contributed by atoms with E-state index in [0.717, 1.165) is 13.1 Å². The number of carbonyl (C=O) groups excluding carboxylic acids is 1. The molecule has 5 nitrogen and oxygen atoms in total. The molecule has 7 heteroatoms. The monoisotopic (exact) mass is 346 g/mol. The van der Waals surface area contributed by atoms with E-state index in [1.165, 1.54) is 36.3 Å². The Balaban J connectivity index is 1.49. The number of hydrogen-bond donors (Lipinski definition) is 0. The highest BCUT2D eigenvalue weighted by molar-refractivity contribution is 7.99. The van der Waals surface area contributed by atoms with Crippen molar-refractivity contribution < 1.29 is 9.18 Å². The van der Waals surface area contributed by atoms with E-state index < -0.39 is 5.82 Å². The number of thioether (sulfide) groups is 1. The first-order chi connectivity index (χ1) is 11.7. The Labute approximate surface area is 144 Å². The Hall–Kier alpha value is -1.73. The van der Waals surface area contributed by atoms with Crippen LogP contribution in [0.15, 0.2) is 24.5 Å². The molecule has 1 unspecified atom stereocenters. The van der Waals surface area contributed by atoms with E-state index in [1.54, 1.807) is 11.1 Å². The second-order valence-electron chi connectivity index (χ2n) is 6.22. The molecule has 0 bridgehead atoms. The van der Waals surface area contributed by atoms with Gasteiger partial charge in [0, 0.05) is 56.4 Å². The Bertz CT molecular complexity index is 757. The van der Waals surface area contributed by atoms with Crippen LogP contribution in [-0.4, -0.2) is 69.4 Å². The van der Waals surface area contributed by atoms with Crippen LogP contribution in [0.5, 0.6) is 0 Å². The summed E-state index contributed by atoms with van der Waals surface area (Å²) < 4.78 is 14.3. The van der Waals surface area contributed by atoms with Crippen LogP contribution in [0.3, 0.4) is 0 Å². The van der Waals surface area contributed by atoms with Crippen molar-refractivity contribution in [3.63, 3.8) is 0 Å². The molecule has 1 atom stereocenters. The average Bonchev–Trinajstić information content (AvgIpc) is 3.15. The first-order valence-electron chi connectivity index (χ1n) is 8.24. The lowest BCUT2D eigenvalue weighted by atomic mass is 10.1. The zero-order chi connectivity index (χ0) is 16.5. The summed E-state index contributed by atoms with van der Waals surface area (Å²) in [5, 5.41) is 0. The number of aromatic nitrogens is 2. The minimum atomic E-state index is -0.525. The van der Waals surface area contributed by atoms with Gasteiger partial charge in [-0.3, -0.25) is 19.7 Å². The second-order valence-corrected chi connectivity index (χ2v) is 7.37. The topological polar surface area (TPSA) is 49.3 Å². The van der Waals surface area contributed by atoms with Crippen molar-refractivity contribution in [2.45, 2.75) is 12.5 Å². The molecule has 2 aliphatic rings. The van der Waals surface area contributed by atoms with Crippen LogP contribution in [0.25, 0.3) is 11.0 Å². The summed E-state index contributed by atoms with van der Waals surface area (Å²) in [5.41, 5.74) is 1.10. The van der Waals surface area contributed by atoms with E-state index in [0.29, 0.717) is 30.2 Å². The molecule has 3 heterocycles.